The Morgan fingerprint density at radius 1 is 1.00 bits per heavy atom. The predicted octanol–water partition coefficient (Wildman–Crippen LogP) is 8.75. The number of fused-ring (bicyclic) bond motifs is 2. The van der Waals surface area contributed by atoms with E-state index >= 15 is 0 Å². The molecule has 4 N–H and O–H groups in total. The number of piperidine rings is 1. The molecule has 0 bridgehead atoms. The largest absolute Gasteiger partial charge is 0.489 e. The third kappa shape index (κ3) is 9.01. The Balaban J connectivity index is 0.867. The Labute approximate surface area is 397 Å². The molecule has 0 radical (unpaired) electrons. The molecule has 5 aliphatic rings. The molecule has 1 spiro atoms. The van der Waals surface area contributed by atoms with Crippen molar-refractivity contribution in [2.75, 3.05) is 49.7 Å². The number of ether oxygens (including phenoxy) is 3. The van der Waals surface area contributed by atoms with Gasteiger partial charge in [0, 0.05) is 61.1 Å². The lowest BCUT2D eigenvalue weighted by Gasteiger charge is -2.57. The molecule has 68 heavy (non-hydrogen) atoms. The number of pyridine rings is 1. The summed E-state index contributed by atoms with van der Waals surface area (Å²) in [7, 11) is -4.67. The zero-order valence-corrected chi connectivity index (χ0v) is 39.9. The quantitative estimate of drug-likeness (QED) is 0.0724. The number of aliphatic hydroxyl groups is 1. The normalized spacial score (nSPS) is 24.2. The highest BCUT2D eigenvalue weighted by Crippen LogP contribution is 2.53. The van der Waals surface area contributed by atoms with Gasteiger partial charge in [0.15, 0.2) is 11.4 Å². The van der Waals surface area contributed by atoms with Crippen molar-refractivity contribution in [1.29, 1.82) is 0 Å². The Hall–Kier alpha value is -5.75. The number of hydrogen-bond donors (Lipinski definition) is 4. The van der Waals surface area contributed by atoms with Gasteiger partial charge in [-0.2, -0.15) is 0 Å². The van der Waals surface area contributed by atoms with Gasteiger partial charge in [-0.15, -0.1) is 0 Å². The van der Waals surface area contributed by atoms with E-state index in [4.69, 9.17) is 14.2 Å². The summed E-state index contributed by atoms with van der Waals surface area (Å²) in [5.74, 6) is 0.101. The number of aromatic nitrogens is 2. The minimum absolute atomic E-state index is 0.000940. The number of sulfonamides is 1. The summed E-state index contributed by atoms with van der Waals surface area (Å²) in [6, 6.07) is 20.3. The van der Waals surface area contributed by atoms with Crippen LogP contribution in [0, 0.1) is 28.4 Å². The minimum atomic E-state index is -4.67. The molecular formula is C51H61N7O9S. The Morgan fingerprint density at radius 3 is 2.51 bits per heavy atom. The number of nitrogens with zero attached hydrogens (tertiary/aromatic N) is 4. The highest BCUT2D eigenvalue weighted by atomic mass is 32.2. The van der Waals surface area contributed by atoms with Crippen LogP contribution in [0.25, 0.3) is 11.0 Å². The fourth-order valence-electron chi connectivity index (χ4n) is 11.4. The maximum Gasteiger partial charge on any atom is 0.297 e. The lowest BCUT2D eigenvalue weighted by atomic mass is 9.59. The fourth-order valence-corrected chi connectivity index (χ4v) is 12.4. The summed E-state index contributed by atoms with van der Waals surface area (Å²) in [5, 5.41) is 26.9. The van der Waals surface area contributed by atoms with Crippen molar-refractivity contribution in [2.45, 2.75) is 114 Å². The monoisotopic (exact) mass is 947 g/mol. The molecule has 2 atom stereocenters. The number of nitro groups is 1. The number of benzene rings is 3. The molecule has 3 aliphatic heterocycles. The molecule has 5 aromatic rings. The molecule has 2 saturated heterocycles. The first kappa shape index (κ1) is 46.0. The Kier molecular flexibility index (Phi) is 12.2. The predicted molar refractivity (Wildman–Crippen MR) is 258 cm³/mol. The van der Waals surface area contributed by atoms with Crippen LogP contribution in [0.1, 0.15) is 111 Å². The average molecular weight is 948 g/mol. The molecule has 1 amide bonds. The molecule has 360 valence electrons. The average Bonchev–Trinajstić information content (AvgIpc) is 3.77. The van der Waals surface area contributed by atoms with E-state index in [-0.39, 0.29) is 52.8 Å². The lowest BCUT2D eigenvalue weighted by Crippen LogP contribution is -2.58. The Morgan fingerprint density at radius 2 is 1.76 bits per heavy atom. The van der Waals surface area contributed by atoms with Crippen LogP contribution in [0.3, 0.4) is 0 Å². The van der Waals surface area contributed by atoms with Crippen molar-refractivity contribution in [3.05, 3.63) is 105 Å². The van der Waals surface area contributed by atoms with Crippen molar-refractivity contribution in [3.8, 4) is 17.2 Å². The van der Waals surface area contributed by atoms with Crippen LogP contribution in [0.5, 0.6) is 17.2 Å². The van der Waals surface area contributed by atoms with Gasteiger partial charge in [0.1, 0.15) is 23.8 Å². The van der Waals surface area contributed by atoms with E-state index in [0.717, 1.165) is 69.1 Å². The summed E-state index contributed by atoms with van der Waals surface area (Å²) < 4.78 is 48.8. The topological polar surface area (TPSA) is 201 Å². The first-order valence-electron chi connectivity index (χ1n) is 24.0. The second-order valence-electron chi connectivity index (χ2n) is 20.3. The van der Waals surface area contributed by atoms with Crippen LogP contribution in [0.2, 0.25) is 0 Å². The third-order valence-corrected chi connectivity index (χ3v) is 16.8. The van der Waals surface area contributed by atoms with Gasteiger partial charge in [-0.05, 0) is 118 Å². The molecular weight excluding hydrogens is 887 g/mol. The number of nitrogens with one attached hydrogen (secondary N) is 3. The molecule has 4 fully saturated rings. The van der Waals surface area contributed by atoms with Gasteiger partial charge < -0.3 is 34.5 Å². The van der Waals surface area contributed by atoms with Crippen LogP contribution < -0.4 is 24.4 Å². The van der Waals surface area contributed by atoms with Crippen molar-refractivity contribution in [1.82, 2.24) is 19.6 Å². The van der Waals surface area contributed by atoms with E-state index in [2.05, 4.69) is 67.9 Å². The number of nitro benzene ring substituents is 1. The highest BCUT2D eigenvalue weighted by Gasteiger charge is 2.50. The number of hydrogen-bond acceptors (Lipinski definition) is 13. The number of anilines is 2. The number of carbonyl (C=O) groups is 1. The van der Waals surface area contributed by atoms with Crippen LogP contribution in [0.4, 0.5) is 17.1 Å². The SMILES string of the molecule is Cc1nc2[nH]ccc2cc1Oc1cc(N2CCC3(CC2)CC(N2CCOC[C@H]2c2ccccc2C(C)C)C3)ccc1C(=O)NS(=O)(=O)c1cc2c(c([N+](=O)[O-])c1)N[C@@H](C1CCC(C)(O)CC1)CO2. The standard InChI is InChI=1S/C51H61N7O9S/c1-31(2)38-7-5-6-8-39(38)43-30-65-22-21-57(43)36-27-51(28-36)16-19-56(20-17-51)35-9-10-40(45(24-35)67-44-23-34-13-18-52-48(34)53-32(44)3)49(59)55-68(63,64)37-25-42(58(61)62)47-46(26-37)66-29-41(54-47)33-11-14-50(4,60)15-12-33/h5-10,13,18,23-26,31,33,36,41,43,54,60H,11-12,14-17,19-22,27-30H2,1-4H3,(H,52,53)(H,55,59)/t33?,41-,43+,50?/m1/s1. The second kappa shape index (κ2) is 18.0. The molecule has 2 aromatic heterocycles. The van der Waals surface area contributed by atoms with Crippen molar-refractivity contribution < 1.29 is 37.5 Å². The van der Waals surface area contributed by atoms with Gasteiger partial charge in [-0.25, -0.2) is 18.1 Å². The second-order valence-corrected chi connectivity index (χ2v) is 22.0. The zero-order chi connectivity index (χ0) is 47.5. The van der Waals surface area contributed by atoms with E-state index in [1.165, 1.54) is 17.2 Å². The lowest BCUT2D eigenvalue weighted by molar-refractivity contribution is -0.384. The van der Waals surface area contributed by atoms with Crippen LogP contribution in [-0.2, 0) is 14.8 Å². The number of amides is 1. The van der Waals surface area contributed by atoms with Crippen LogP contribution in [-0.4, -0.2) is 96.4 Å². The van der Waals surface area contributed by atoms with Gasteiger partial charge in [0.25, 0.3) is 21.6 Å². The molecule has 10 rings (SSSR count). The number of aryl methyl sites for hydroxylation is 1. The molecule has 5 heterocycles. The van der Waals surface area contributed by atoms with Gasteiger partial charge in [0.05, 0.1) is 52.0 Å². The van der Waals surface area contributed by atoms with E-state index in [1.807, 2.05) is 25.1 Å². The van der Waals surface area contributed by atoms with E-state index in [0.29, 0.717) is 61.3 Å². The first-order chi connectivity index (χ1) is 32.6. The van der Waals surface area contributed by atoms with Crippen LogP contribution >= 0.6 is 0 Å². The summed E-state index contributed by atoms with van der Waals surface area (Å²) in [5.41, 5.74) is 3.88. The molecule has 17 heteroatoms. The number of rotatable bonds is 11. The maximum atomic E-state index is 14.2. The highest BCUT2D eigenvalue weighted by molar-refractivity contribution is 7.90. The summed E-state index contributed by atoms with van der Waals surface area (Å²) in [6.07, 6.45) is 8.70. The number of H-pyrrole nitrogens is 1. The van der Waals surface area contributed by atoms with Crippen molar-refractivity contribution >= 4 is 44.0 Å². The van der Waals surface area contributed by atoms with E-state index < -0.39 is 37.0 Å². The van der Waals surface area contributed by atoms with Gasteiger partial charge >= 0.3 is 0 Å². The Bertz CT molecular complexity index is 2840. The van der Waals surface area contributed by atoms with E-state index in [1.54, 1.807) is 25.3 Å². The van der Waals surface area contributed by atoms with Gasteiger partial charge in [0.2, 0.25) is 0 Å². The van der Waals surface area contributed by atoms with Crippen molar-refractivity contribution in [2.24, 2.45) is 11.3 Å². The number of carbonyl (C=O) groups excluding carboxylic acids is 1. The summed E-state index contributed by atoms with van der Waals surface area (Å²) in [6.45, 7) is 12.3. The molecule has 2 saturated carbocycles. The summed E-state index contributed by atoms with van der Waals surface area (Å²) >= 11 is 0. The number of aromatic amines is 1. The maximum absolute atomic E-state index is 14.2. The van der Waals surface area contributed by atoms with Crippen molar-refractivity contribution in [3.63, 3.8) is 0 Å². The van der Waals surface area contributed by atoms with Gasteiger partial charge in [-0.3, -0.25) is 19.8 Å². The summed E-state index contributed by atoms with van der Waals surface area (Å²) in [4.78, 5) is 38.2. The minimum Gasteiger partial charge on any atom is -0.489 e. The molecule has 3 aromatic carbocycles. The molecule has 0 unspecified atom stereocenters. The molecule has 2 aliphatic carbocycles. The zero-order valence-electron chi connectivity index (χ0n) is 39.1. The van der Waals surface area contributed by atoms with Crippen LogP contribution in [0.15, 0.2) is 77.8 Å². The fraction of sp³-hybridized carbons (Fsp3) is 0.490. The first-order valence-corrected chi connectivity index (χ1v) is 25.5. The third-order valence-electron chi connectivity index (χ3n) is 15.5. The smallest absolute Gasteiger partial charge is 0.297 e. The van der Waals surface area contributed by atoms with Gasteiger partial charge in [-0.1, -0.05) is 38.1 Å². The molecule has 16 nitrogen and oxygen atoms in total. The number of morpholine rings is 1. The van der Waals surface area contributed by atoms with E-state index in [9.17, 15) is 28.4 Å².